The van der Waals surface area contributed by atoms with E-state index in [-0.39, 0.29) is 17.5 Å². The summed E-state index contributed by atoms with van der Waals surface area (Å²) < 4.78 is 10.2. The molecule has 11 heteroatoms. The summed E-state index contributed by atoms with van der Waals surface area (Å²) in [7, 11) is 1.25. The zero-order valence-corrected chi connectivity index (χ0v) is 17.7. The van der Waals surface area contributed by atoms with Gasteiger partial charge in [-0.1, -0.05) is 18.2 Å². The van der Waals surface area contributed by atoms with Crippen molar-refractivity contribution in [1.82, 2.24) is 15.3 Å². The molecule has 2 unspecified atom stereocenters. The number of rotatable bonds is 10. The fourth-order valence-corrected chi connectivity index (χ4v) is 3.31. The first kappa shape index (κ1) is 22.8. The van der Waals surface area contributed by atoms with Crippen molar-refractivity contribution in [3.63, 3.8) is 0 Å². The van der Waals surface area contributed by atoms with E-state index in [1.807, 2.05) is 30.5 Å². The van der Waals surface area contributed by atoms with E-state index in [9.17, 15) is 9.59 Å². The zero-order chi connectivity index (χ0) is 23.1. The summed E-state index contributed by atoms with van der Waals surface area (Å²) in [6.07, 6.45) is 4.34. The number of aromatic amines is 1. The zero-order valence-electron chi connectivity index (χ0n) is 17.7. The molecule has 2 heterocycles. The van der Waals surface area contributed by atoms with Crippen LogP contribution in [0.4, 0.5) is 0 Å². The molecular weight excluding hydrogens is 414 g/mol. The minimum absolute atomic E-state index is 0.0208. The predicted octanol–water partition coefficient (Wildman–Crippen LogP) is 0.723. The molecule has 0 fully saturated rings. The van der Waals surface area contributed by atoms with Crippen molar-refractivity contribution in [3.05, 3.63) is 53.9 Å². The van der Waals surface area contributed by atoms with Gasteiger partial charge in [-0.3, -0.25) is 9.79 Å². The molecule has 2 atom stereocenters. The normalized spacial score (nSPS) is 12.8. The fourth-order valence-electron chi connectivity index (χ4n) is 3.31. The number of hydrogen-bond acceptors (Lipinski definition) is 7. The standard InChI is InChI=1S/C21H27N7O4/c1-31-20(30)16(7-4-8-25-21(23)24)27-18(29)17-11-32-19(28-17)14(22)9-12-10-26-15-6-3-2-5-13(12)15/h2-3,5-6,10-11,14,16,26H,4,7-9,22H2,1H3,(H,27,29)(H4,23,24,25). The van der Waals surface area contributed by atoms with Crippen LogP contribution in [-0.4, -0.2) is 47.5 Å². The Morgan fingerprint density at radius 2 is 2.09 bits per heavy atom. The molecule has 0 spiro atoms. The molecule has 0 saturated heterocycles. The van der Waals surface area contributed by atoms with E-state index in [0.29, 0.717) is 25.8 Å². The van der Waals surface area contributed by atoms with Gasteiger partial charge in [0, 0.05) is 23.6 Å². The number of hydrogen-bond donors (Lipinski definition) is 5. The number of carbonyl (C=O) groups excluding carboxylic acids is 2. The third-order valence-electron chi connectivity index (χ3n) is 4.92. The Morgan fingerprint density at radius 1 is 1.31 bits per heavy atom. The molecule has 0 aliphatic carbocycles. The van der Waals surface area contributed by atoms with Crippen LogP contribution in [0.25, 0.3) is 10.9 Å². The molecule has 8 N–H and O–H groups in total. The van der Waals surface area contributed by atoms with Gasteiger partial charge < -0.3 is 36.7 Å². The first-order chi connectivity index (χ1) is 15.4. The van der Waals surface area contributed by atoms with E-state index in [1.165, 1.54) is 13.4 Å². The van der Waals surface area contributed by atoms with Gasteiger partial charge in [0.2, 0.25) is 5.89 Å². The number of ether oxygens (including phenoxy) is 1. The van der Waals surface area contributed by atoms with Gasteiger partial charge in [0.05, 0.1) is 13.2 Å². The highest BCUT2D eigenvalue weighted by atomic mass is 16.5. The highest BCUT2D eigenvalue weighted by Gasteiger charge is 2.24. The van der Waals surface area contributed by atoms with Crippen molar-refractivity contribution in [2.24, 2.45) is 22.2 Å². The summed E-state index contributed by atoms with van der Waals surface area (Å²) >= 11 is 0. The Bertz CT molecular complexity index is 1100. The van der Waals surface area contributed by atoms with E-state index in [0.717, 1.165) is 16.5 Å². The average Bonchev–Trinajstić information content (AvgIpc) is 3.43. The van der Waals surface area contributed by atoms with Gasteiger partial charge in [-0.25, -0.2) is 9.78 Å². The Kier molecular flexibility index (Phi) is 7.45. The van der Waals surface area contributed by atoms with E-state index >= 15 is 0 Å². The van der Waals surface area contributed by atoms with Crippen LogP contribution in [0.3, 0.4) is 0 Å². The smallest absolute Gasteiger partial charge is 0.328 e. The number of oxazole rings is 1. The average molecular weight is 441 g/mol. The molecule has 32 heavy (non-hydrogen) atoms. The van der Waals surface area contributed by atoms with E-state index in [1.54, 1.807) is 0 Å². The van der Waals surface area contributed by atoms with Gasteiger partial charge in [-0.2, -0.15) is 0 Å². The Morgan fingerprint density at radius 3 is 2.84 bits per heavy atom. The number of methoxy groups -OCH3 is 1. The van der Waals surface area contributed by atoms with Gasteiger partial charge in [-0.15, -0.1) is 0 Å². The quantitative estimate of drug-likeness (QED) is 0.132. The van der Waals surface area contributed by atoms with Gasteiger partial charge in [0.25, 0.3) is 5.91 Å². The molecular formula is C21H27N7O4. The Labute approximate surface area is 184 Å². The molecule has 11 nitrogen and oxygen atoms in total. The van der Waals surface area contributed by atoms with Crippen molar-refractivity contribution < 1.29 is 18.7 Å². The number of benzene rings is 1. The number of carbonyl (C=O) groups is 2. The number of amides is 1. The van der Waals surface area contributed by atoms with E-state index in [2.05, 4.69) is 20.3 Å². The van der Waals surface area contributed by atoms with Crippen molar-refractivity contribution in [2.45, 2.75) is 31.3 Å². The van der Waals surface area contributed by atoms with Crippen LogP contribution in [0.2, 0.25) is 0 Å². The maximum atomic E-state index is 12.6. The number of nitrogens with two attached hydrogens (primary N) is 3. The van der Waals surface area contributed by atoms with Crippen LogP contribution in [0.1, 0.15) is 40.8 Å². The third-order valence-corrected chi connectivity index (χ3v) is 4.92. The van der Waals surface area contributed by atoms with Crippen LogP contribution in [0.5, 0.6) is 0 Å². The molecule has 0 aliphatic rings. The number of esters is 1. The minimum Gasteiger partial charge on any atom is -0.467 e. The number of aromatic nitrogens is 2. The number of fused-ring (bicyclic) bond motifs is 1. The topological polar surface area (TPSA) is 188 Å². The van der Waals surface area contributed by atoms with Gasteiger partial charge in [-0.05, 0) is 30.9 Å². The molecule has 0 saturated carbocycles. The molecule has 2 aromatic heterocycles. The monoisotopic (exact) mass is 441 g/mol. The third kappa shape index (κ3) is 5.64. The van der Waals surface area contributed by atoms with Crippen LogP contribution in [-0.2, 0) is 16.0 Å². The Balaban J connectivity index is 1.62. The number of H-pyrrole nitrogens is 1. The molecule has 0 bridgehead atoms. The number of para-hydroxylation sites is 1. The molecule has 0 aliphatic heterocycles. The second-order valence-corrected chi connectivity index (χ2v) is 7.24. The highest BCUT2D eigenvalue weighted by Crippen LogP contribution is 2.23. The summed E-state index contributed by atoms with van der Waals surface area (Å²) in [6.45, 7) is 0.322. The predicted molar refractivity (Wildman–Crippen MR) is 119 cm³/mol. The number of guanidine groups is 1. The lowest BCUT2D eigenvalue weighted by Gasteiger charge is -2.15. The maximum Gasteiger partial charge on any atom is 0.328 e. The first-order valence-electron chi connectivity index (χ1n) is 10.1. The fraction of sp³-hybridized carbons (Fsp3) is 0.333. The summed E-state index contributed by atoms with van der Waals surface area (Å²) in [5.41, 5.74) is 18.9. The lowest BCUT2D eigenvalue weighted by atomic mass is 10.1. The van der Waals surface area contributed by atoms with Crippen LogP contribution >= 0.6 is 0 Å². The lowest BCUT2D eigenvalue weighted by Crippen LogP contribution is -2.41. The van der Waals surface area contributed by atoms with Crippen molar-refractivity contribution >= 4 is 28.7 Å². The van der Waals surface area contributed by atoms with Crippen LogP contribution in [0.15, 0.2) is 46.1 Å². The van der Waals surface area contributed by atoms with Crippen molar-refractivity contribution in [1.29, 1.82) is 0 Å². The van der Waals surface area contributed by atoms with Gasteiger partial charge in [0.1, 0.15) is 12.3 Å². The van der Waals surface area contributed by atoms with Gasteiger partial charge in [0.15, 0.2) is 11.7 Å². The van der Waals surface area contributed by atoms with Crippen molar-refractivity contribution in [2.75, 3.05) is 13.7 Å². The summed E-state index contributed by atoms with van der Waals surface area (Å²) in [6, 6.07) is 6.46. The van der Waals surface area contributed by atoms with E-state index < -0.39 is 24.0 Å². The number of nitrogens with one attached hydrogen (secondary N) is 2. The maximum absolute atomic E-state index is 12.6. The largest absolute Gasteiger partial charge is 0.467 e. The van der Waals surface area contributed by atoms with Crippen LogP contribution in [0, 0.1) is 0 Å². The second kappa shape index (κ2) is 10.4. The number of aliphatic imine (C=N–C) groups is 1. The molecule has 3 rings (SSSR count). The highest BCUT2D eigenvalue weighted by molar-refractivity contribution is 5.95. The lowest BCUT2D eigenvalue weighted by molar-refractivity contribution is -0.143. The van der Waals surface area contributed by atoms with Gasteiger partial charge >= 0.3 is 5.97 Å². The minimum atomic E-state index is -0.873. The molecule has 3 aromatic rings. The van der Waals surface area contributed by atoms with Crippen LogP contribution < -0.4 is 22.5 Å². The molecule has 0 radical (unpaired) electrons. The summed E-state index contributed by atoms with van der Waals surface area (Å²) in [5, 5.41) is 3.67. The number of nitrogens with zero attached hydrogens (tertiary/aromatic N) is 2. The molecule has 1 amide bonds. The van der Waals surface area contributed by atoms with E-state index in [4.69, 9.17) is 26.4 Å². The second-order valence-electron chi connectivity index (χ2n) is 7.24. The summed E-state index contributed by atoms with van der Waals surface area (Å²) in [4.78, 5) is 35.9. The molecule has 1 aromatic carbocycles. The summed E-state index contributed by atoms with van der Waals surface area (Å²) in [5.74, 6) is -0.968. The first-order valence-corrected chi connectivity index (χ1v) is 10.1. The van der Waals surface area contributed by atoms with Crippen molar-refractivity contribution in [3.8, 4) is 0 Å². The SMILES string of the molecule is COC(=O)C(CCCN=C(N)N)NC(=O)c1coc(C(N)Cc2c[nH]c3ccccc23)n1. The Hall–Kier alpha value is -3.86. The molecule has 170 valence electrons.